The predicted octanol–water partition coefficient (Wildman–Crippen LogP) is 1.64. The molecule has 24 heavy (non-hydrogen) atoms. The average molecular weight is 323 g/mol. The van der Waals surface area contributed by atoms with Crippen LogP contribution in [0.2, 0.25) is 0 Å². The summed E-state index contributed by atoms with van der Waals surface area (Å²) in [6, 6.07) is 12.4. The van der Waals surface area contributed by atoms with Crippen LogP contribution in [0, 0.1) is 0 Å². The number of rotatable bonds is 5. The minimum atomic E-state index is 0.00382. The van der Waals surface area contributed by atoms with Gasteiger partial charge in [-0.2, -0.15) is 5.10 Å². The Morgan fingerprint density at radius 2 is 1.96 bits per heavy atom. The van der Waals surface area contributed by atoms with E-state index >= 15 is 0 Å². The number of imidazole rings is 1. The molecule has 0 saturated carbocycles. The van der Waals surface area contributed by atoms with Crippen LogP contribution < -0.4 is 0 Å². The Labute approximate surface area is 141 Å². The summed E-state index contributed by atoms with van der Waals surface area (Å²) in [5.74, 6) is 0. The van der Waals surface area contributed by atoms with Crippen molar-refractivity contribution in [3.63, 3.8) is 0 Å². The molecule has 1 aliphatic heterocycles. The van der Waals surface area contributed by atoms with Gasteiger partial charge in [0.1, 0.15) is 0 Å². The minimum absolute atomic E-state index is 0.00382. The van der Waals surface area contributed by atoms with Crippen LogP contribution in [-0.2, 0) is 32.8 Å². The standard InChI is InChI=1S/C18H21N5O/c24-13-16-8-17-11-21(6-7-23(17)20-16)12-18-9-19-14-22(18)10-15-4-2-1-3-5-15/h1-5,8-9,14,24H,6-7,10-13H2. The van der Waals surface area contributed by atoms with Crippen LogP contribution in [0.25, 0.3) is 0 Å². The number of benzene rings is 1. The van der Waals surface area contributed by atoms with E-state index in [0.717, 1.165) is 38.4 Å². The average Bonchev–Trinajstić information content (AvgIpc) is 3.22. The van der Waals surface area contributed by atoms with Crippen molar-refractivity contribution in [2.75, 3.05) is 6.54 Å². The van der Waals surface area contributed by atoms with Gasteiger partial charge in [0.2, 0.25) is 0 Å². The van der Waals surface area contributed by atoms with Gasteiger partial charge in [-0.15, -0.1) is 0 Å². The van der Waals surface area contributed by atoms with E-state index in [1.54, 1.807) is 0 Å². The molecule has 0 spiro atoms. The van der Waals surface area contributed by atoms with Crippen LogP contribution >= 0.6 is 0 Å². The molecular formula is C18H21N5O. The van der Waals surface area contributed by atoms with Gasteiger partial charge in [-0.25, -0.2) is 4.98 Å². The Kier molecular flexibility index (Phi) is 4.15. The Bertz CT molecular complexity index is 808. The lowest BCUT2D eigenvalue weighted by atomic mass is 10.2. The molecule has 0 unspecified atom stereocenters. The predicted molar refractivity (Wildman–Crippen MR) is 90.0 cm³/mol. The first-order valence-corrected chi connectivity index (χ1v) is 8.23. The summed E-state index contributed by atoms with van der Waals surface area (Å²) in [5, 5.41) is 13.6. The summed E-state index contributed by atoms with van der Waals surface area (Å²) < 4.78 is 4.21. The van der Waals surface area contributed by atoms with Crippen LogP contribution in [0.4, 0.5) is 0 Å². The fourth-order valence-corrected chi connectivity index (χ4v) is 3.22. The molecule has 1 aromatic carbocycles. The van der Waals surface area contributed by atoms with E-state index in [1.165, 1.54) is 17.0 Å². The van der Waals surface area contributed by atoms with E-state index in [0.29, 0.717) is 0 Å². The van der Waals surface area contributed by atoms with Gasteiger partial charge < -0.3 is 9.67 Å². The van der Waals surface area contributed by atoms with Gasteiger partial charge in [0, 0.05) is 32.4 Å². The van der Waals surface area contributed by atoms with E-state index in [1.807, 2.05) is 29.3 Å². The first-order valence-electron chi connectivity index (χ1n) is 8.23. The lowest BCUT2D eigenvalue weighted by Gasteiger charge is -2.27. The lowest BCUT2D eigenvalue weighted by Crippen LogP contribution is -2.34. The van der Waals surface area contributed by atoms with Crippen molar-refractivity contribution < 1.29 is 5.11 Å². The number of fused-ring (bicyclic) bond motifs is 1. The number of hydrogen-bond donors (Lipinski definition) is 1. The molecule has 3 heterocycles. The third kappa shape index (κ3) is 3.11. The maximum Gasteiger partial charge on any atom is 0.0951 e. The normalized spacial score (nSPS) is 14.7. The van der Waals surface area contributed by atoms with Crippen molar-refractivity contribution in [2.24, 2.45) is 0 Å². The third-order valence-corrected chi connectivity index (χ3v) is 4.47. The van der Waals surface area contributed by atoms with E-state index in [4.69, 9.17) is 0 Å². The highest BCUT2D eigenvalue weighted by Gasteiger charge is 2.19. The van der Waals surface area contributed by atoms with Crippen molar-refractivity contribution >= 4 is 0 Å². The number of aromatic nitrogens is 4. The molecule has 0 aliphatic carbocycles. The molecule has 0 bridgehead atoms. The SMILES string of the molecule is OCc1cc2n(n1)CCN(Cc1cncn1Cc1ccccc1)C2. The Hall–Kier alpha value is -2.44. The molecule has 3 aromatic rings. The topological polar surface area (TPSA) is 59.1 Å². The lowest BCUT2D eigenvalue weighted by molar-refractivity contribution is 0.200. The number of nitrogens with zero attached hydrogens (tertiary/aromatic N) is 5. The second-order valence-corrected chi connectivity index (χ2v) is 6.22. The number of aliphatic hydroxyl groups is 1. The van der Waals surface area contributed by atoms with Gasteiger partial charge in [-0.05, 0) is 11.6 Å². The number of hydrogen-bond acceptors (Lipinski definition) is 4. The molecule has 6 heteroatoms. The summed E-state index contributed by atoms with van der Waals surface area (Å²) in [5.41, 5.74) is 4.41. The van der Waals surface area contributed by atoms with Crippen LogP contribution in [0.1, 0.15) is 22.6 Å². The first-order chi connectivity index (χ1) is 11.8. The van der Waals surface area contributed by atoms with Gasteiger partial charge in [-0.3, -0.25) is 9.58 Å². The molecular weight excluding hydrogens is 302 g/mol. The summed E-state index contributed by atoms with van der Waals surface area (Å²) in [7, 11) is 0. The highest BCUT2D eigenvalue weighted by atomic mass is 16.3. The molecule has 0 atom stereocenters. The highest BCUT2D eigenvalue weighted by Crippen LogP contribution is 2.17. The van der Waals surface area contributed by atoms with Crippen molar-refractivity contribution in [1.29, 1.82) is 0 Å². The molecule has 0 saturated heterocycles. The molecule has 6 nitrogen and oxygen atoms in total. The van der Waals surface area contributed by atoms with E-state index in [-0.39, 0.29) is 6.61 Å². The zero-order valence-corrected chi connectivity index (χ0v) is 13.5. The molecule has 124 valence electrons. The van der Waals surface area contributed by atoms with Gasteiger partial charge in [-0.1, -0.05) is 30.3 Å². The third-order valence-electron chi connectivity index (χ3n) is 4.47. The van der Waals surface area contributed by atoms with Crippen molar-refractivity contribution in [2.45, 2.75) is 32.8 Å². The minimum Gasteiger partial charge on any atom is -0.390 e. The van der Waals surface area contributed by atoms with Gasteiger partial charge >= 0.3 is 0 Å². The zero-order valence-electron chi connectivity index (χ0n) is 13.5. The quantitative estimate of drug-likeness (QED) is 0.775. The van der Waals surface area contributed by atoms with E-state index in [9.17, 15) is 5.11 Å². The molecule has 0 radical (unpaired) electrons. The van der Waals surface area contributed by atoms with Gasteiger partial charge in [0.05, 0.1) is 36.6 Å². The van der Waals surface area contributed by atoms with Crippen LogP contribution in [0.5, 0.6) is 0 Å². The smallest absolute Gasteiger partial charge is 0.0951 e. The van der Waals surface area contributed by atoms with Gasteiger partial charge in [0.25, 0.3) is 0 Å². The monoisotopic (exact) mass is 323 g/mol. The van der Waals surface area contributed by atoms with Crippen molar-refractivity contribution in [1.82, 2.24) is 24.2 Å². The number of aliphatic hydroxyl groups excluding tert-OH is 1. The van der Waals surface area contributed by atoms with Crippen molar-refractivity contribution in [3.8, 4) is 0 Å². The molecule has 2 aromatic heterocycles. The Morgan fingerprint density at radius 1 is 1.08 bits per heavy atom. The summed E-state index contributed by atoms with van der Waals surface area (Å²) in [6.07, 6.45) is 3.86. The zero-order chi connectivity index (χ0) is 16.4. The fourth-order valence-electron chi connectivity index (χ4n) is 3.22. The van der Waals surface area contributed by atoms with E-state index in [2.05, 4.69) is 43.8 Å². The molecule has 0 amide bonds. The summed E-state index contributed by atoms with van der Waals surface area (Å²) in [4.78, 5) is 6.73. The maximum absolute atomic E-state index is 9.24. The second kappa shape index (κ2) is 6.59. The molecule has 4 rings (SSSR count). The van der Waals surface area contributed by atoms with Crippen LogP contribution in [0.15, 0.2) is 48.9 Å². The maximum atomic E-state index is 9.24. The Morgan fingerprint density at radius 3 is 2.79 bits per heavy atom. The van der Waals surface area contributed by atoms with Crippen molar-refractivity contribution in [3.05, 3.63) is 71.6 Å². The van der Waals surface area contributed by atoms with Crippen LogP contribution in [-0.4, -0.2) is 35.9 Å². The largest absolute Gasteiger partial charge is 0.390 e. The molecule has 1 N–H and O–H groups in total. The first kappa shape index (κ1) is 15.1. The summed E-state index contributed by atoms with van der Waals surface area (Å²) >= 11 is 0. The van der Waals surface area contributed by atoms with Gasteiger partial charge in [0.15, 0.2) is 0 Å². The highest BCUT2D eigenvalue weighted by molar-refractivity contribution is 5.16. The second-order valence-electron chi connectivity index (χ2n) is 6.22. The summed E-state index contributed by atoms with van der Waals surface area (Å²) in [6.45, 7) is 4.38. The van der Waals surface area contributed by atoms with E-state index < -0.39 is 0 Å². The Balaban J connectivity index is 1.46. The fraction of sp³-hybridized carbons (Fsp3) is 0.333. The molecule has 1 aliphatic rings. The van der Waals surface area contributed by atoms with Crippen LogP contribution in [0.3, 0.4) is 0 Å². The molecule has 0 fully saturated rings.